The standard InChI is InChI=1S/C27H40N8O7/c1-14(2)21-26(42)32-17(10-7-11-30-27(28)29)23(39)31-15(3)22(38)33-19(13-20(36)37)24(40)34-18(25(41)35-21)12-16-8-5-4-6-9-16/h4-6,8-9,14-15,17-19,21H,7,10-13H2,1-3H3,(H,31,39)(H,32,42)(H,33,38)(H,34,40)(H,35,41)(H,36,37)(H4,28,29,30)/t15-,17-,18-,19+,21-/m0/s1. The van der Waals surface area contributed by atoms with Crippen LogP contribution in [0.25, 0.3) is 0 Å². The van der Waals surface area contributed by atoms with Gasteiger partial charge in [-0.05, 0) is 31.2 Å². The fourth-order valence-electron chi connectivity index (χ4n) is 4.21. The summed E-state index contributed by atoms with van der Waals surface area (Å²) in [6.07, 6.45) is -0.365. The number of rotatable bonds is 9. The number of nitrogens with zero attached hydrogens (tertiary/aromatic N) is 1. The molecule has 0 aliphatic carbocycles. The van der Waals surface area contributed by atoms with Crippen LogP contribution in [-0.2, 0) is 35.2 Å². The zero-order chi connectivity index (χ0) is 31.4. The summed E-state index contributed by atoms with van der Waals surface area (Å²) in [7, 11) is 0. The van der Waals surface area contributed by atoms with Gasteiger partial charge in [-0.2, -0.15) is 0 Å². The van der Waals surface area contributed by atoms with Crippen molar-refractivity contribution < 1.29 is 33.9 Å². The van der Waals surface area contributed by atoms with E-state index in [1.807, 2.05) is 0 Å². The Labute approximate surface area is 243 Å². The molecule has 1 fully saturated rings. The maximum Gasteiger partial charge on any atom is 0.305 e. The van der Waals surface area contributed by atoms with Crippen molar-refractivity contribution >= 4 is 41.5 Å². The average Bonchev–Trinajstić information content (AvgIpc) is 2.91. The number of hydrogen-bond donors (Lipinski definition) is 8. The van der Waals surface area contributed by atoms with Gasteiger partial charge >= 0.3 is 5.97 Å². The molecule has 10 N–H and O–H groups in total. The SMILES string of the molecule is CC(C)[C@@H]1NC(=O)[C@H](Cc2ccccc2)NC(=O)[C@@H](CC(=O)O)NC(=O)[C@H](C)NC(=O)[C@H](CCCN=C(N)N)NC1=O. The smallest absolute Gasteiger partial charge is 0.305 e. The van der Waals surface area contributed by atoms with Gasteiger partial charge in [0.15, 0.2) is 5.96 Å². The molecule has 0 aromatic heterocycles. The van der Waals surface area contributed by atoms with E-state index in [1.54, 1.807) is 44.2 Å². The van der Waals surface area contributed by atoms with Crippen LogP contribution in [0.5, 0.6) is 0 Å². The summed E-state index contributed by atoms with van der Waals surface area (Å²) in [6, 6.07) is 2.55. The molecular weight excluding hydrogens is 548 g/mol. The van der Waals surface area contributed by atoms with Gasteiger partial charge in [-0.15, -0.1) is 0 Å². The van der Waals surface area contributed by atoms with Gasteiger partial charge in [0.2, 0.25) is 29.5 Å². The molecule has 15 heteroatoms. The zero-order valence-electron chi connectivity index (χ0n) is 23.9. The molecule has 1 aromatic rings. The first kappa shape index (κ1) is 33.5. The summed E-state index contributed by atoms with van der Waals surface area (Å²) in [5.74, 6) is -5.76. The number of nitrogens with one attached hydrogen (secondary N) is 5. The van der Waals surface area contributed by atoms with Crippen LogP contribution in [0.3, 0.4) is 0 Å². The molecule has 15 nitrogen and oxygen atoms in total. The Bertz CT molecular complexity index is 1170. The van der Waals surface area contributed by atoms with Gasteiger partial charge in [0.1, 0.15) is 30.2 Å². The number of benzene rings is 1. The Hall–Kier alpha value is -4.69. The van der Waals surface area contributed by atoms with E-state index in [4.69, 9.17) is 11.5 Å². The lowest BCUT2D eigenvalue weighted by Crippen LogP contribution is -2.59. The Kier molecular flexibility index (Phi) is 12.7. The molecule has 42 heavy (non-hydrogen) atoms. The van der Waals surface area contributed by atoms with E-state index >= 15 is 0 Å². The van der Waals surface area contributed by atoms with Crippen LogP contribution in [0.4, 0.5) is 0 Å². The number of carboxylic acid groups (broad SMARTS) is 1. The zero-order valence-corrected chi connectivity index (χ0v) is 23.9. The molecule has 0 radical (unpaired) electrons. The van der Waals surface area contributed by atoms with E-state index in [-0.39, 0.29) is 25.3 Å². The van der Waals surface area contributed by atoms with Crippen molar-refractivity contribution in [1.82, 2.24) is 26.6 Å². The molecule has 1 saturated heterocycles. The van der Waals surface area contributed by atoms with Crippen LogP contribution < -0.4 is 38.1 Å². The molecule has 0 unspecified atom stereocenters. The molecule has 230 valence electrons. The maximum atomic E-state index is 13.5. The van der Waals surface area contributed by atoms with E-state index in [1.165, 1.54) is 6.92 Å². The van der Waals surface area contributed by atoms with Crippen LogP contribution in [-0.4, -0.2) is 83.3 Å². The maximum absolute atomic E-state index is 13.5. The molecule has 0 bridgehead atoms. The normalized spacial score (nSPS) is 24.2. The molecule has 5 amide bonds. The van der Waals surface area contributed by atoms with Gasteiger partial charge < -0.3 is 43.2 Å². The Morgan fingerprint density at radius 2 is 1.40 bits per heavy atom. The largest absolute Gasteiger partial charge is 0.481 e. The number of hydrogen-bond acceptors (Lipinski definition) is 7. The van der Waals surface area contributed by atoms with Crippen LogP contribution in [0.1, 0.15) is 45.6 Å². The lowest BCUT2D eigenvalue weighted by molar-refractivity contribution is -0.141. The van der Waals surface area contributed by atoms with E-state index in [0.717, 1.165) is 0 Å². The van der Waals surface area contributed by atoms with E-state index in [9.17, 15) is 33.9 Å². The molecule has 1 aromatic carbocycles. The highest BCUT2D eigenvalue weighted by Gasteiger charge is 2.35. The van der Waals surface area contributed by atoms with Crippen LogP contribution in [0.15, 0.2) is 35.3 Å². The monoisotopic (exact) mass is 588 g/mol. The lowest BCUT2D eigenvalue weighted by atomic mass is 10.00. The number of aliphatic imine (C=N–C) groups is 1. The first-order chi connectivity index (χ1) is 19.8. The summed E-state index contributed by atoms with van der Waals surface area (Å²) in [5, 5.41) is 22.0. The van der Waals surface area contributed by atoms with Crippen LogP contribution >= 0.6 is 0 Å². The van der Waals surface area contributed by atoms with E-state index in [2.05, 4.69) is 31.6 Å². The number of carbonyl (C=O) groups is 6. The number of carbonyl (C=O) groups excluding carboxylic acids is 5. The van der Waals surface area contributed by atoms with Gasteiger partial charge in [-0.3, -0.25) is 33.8 Å². The van der Waals surface area contributed by atoms with Crippen molar-refractivity contribution in [1.29, 1.82) is 0 Å². The lowest BCUT2D eigenvalue weighted by Gasteiger charge is -2.27. The van der Waals surface area contributed by atoms with Crippen molar-refractivity contribution in [2.24, 2.45) is 22.4 Å². The average molecular weight is 589 g/mol. The third-order valence-corrected chi connectivity index (χ3v) is 6.50. The van der Waals surface area contributed by atoms with Crippen molar-refractivity contribution in [3.8, 4) is 0 Å². The van der Waals surface area contributed by atoms with Crippen LogP contribution in [0.2, 0.25) is 0 Å². The molecular formula is C27H40N8O7. The van der Waals surface area contributed by atoms with E-state index in [0.29, 0.717) is 12.0 Å². The topological polar surface area (TPSA) is 247 Å². The highest BCUT2D eigenvalue weighted by molar-refractivity contribution is 5.98. The van der Waals surface area contributed by atoms with Gasteiger partial charge in [0, 0.05) is 13.0 Å². The second-order valence-electron chi connectivity index (χ2n) is 10.4. The minimum Gasteiger partial charge on any atom is -0.481 e. The van der Waals surface area contributed by atoms with E-state index < -0.39 is 78.1 Å². The molecule has 0 saturated carbocycles. The van der Waals surface area contributed by atoms with Crippen molar-refractivity contribution in [3.05, 3.63) is 35.9 Å². The number of amides is 5. The van der Waals surface area contributed by atoms with Crippen molar-refractivity contribution in [2.45, 2.75) is 76.7 Å². The fraction of sp³-hybridized carbons (Fsp3) is 0.519. The Balaban J connectivity index is 2.48. The Morgan fingerprint density at radius 3 is 2.00 bits per heavy atom. The first-order valence-corrected chi connectivity index (χ1v) is 13.6. The van der Waals surface area contributed by atoms with Crippen molar-refractivity contribution in [2.75, 3.05) is 6.54 Å². The fourth-order valence-corrected chi connectivity index (χ4v) is 4.21. The number of aliphatic carboxylic acids is 1. The third-order valence-electron chi connectivity index (χ3n) is 6.50. The molecule has 1 aliphatic rings. The summed E-state index contributed by atoms with van der Waals surface area (Å²) in [5.41, 5.74) is 11.4. The predicted octanol–water partition coefficient (Wildman–Crippen LogP) is -2.13. The summed E-state index contributed by atoms with van der Waals surface area (Å²) in [6.45, 7) is 4.92. The molecule has 1 heterocycles. The molecule has 2 rings (SSSR count). The first-order valence-electron chi connectivity index (χ1n) is 13.6. The quantitative estimate of drug-likeness (QED) is 0.0890. The number of guanidine groups is 1. The minimum absolute atomic E-state index is 0.0163. The van der Waals surface area contributed by atoms with Gasteiger partial charge in [-0.25, -0.2) is 0 Å². The van der Waals surface area contributed by atoms with Gasteiger partial charge in [0.25, 0.3) is 0 Å². The Morgan fingerprint density at radius 1 is 0.833 bits per heavy atom. The summed E-state index contributed by atoms with van der Waals surface area (Å²) in [4.78, 5) is 81.5. The summed E-state index contributed by atoms with van der Waals surface area (Å²) < 4.78 is 0. The second-order valence-corrected chi connectivity index (χ2v) is 10.4. The molecule has 0 spiro atoms. The predicted molar refractivity (Wildman–Crippen MR) is 152 cm³/mol. The molecule has 5 atom stereocenters. The minimum atomic E-state index is -1.55. The number of carboxylic acids is 1. The van der Waals surface area contributed by atoms with Crippen LogP contribution in [0, 0.1) is 5.92 Å². The summed E-state index contributed by atoms with van der Waals surface area (Å²) >= 11 is 0. The molecule has 1 aliphatic heterocycles. The second kappa shape index (κ2) is 15.9. The van der Waals surface area contributed by atoms with Gasteiger partial charge in [-0.1, -0.05) is 44.2 Å². The van der Waals surface area contributed by atoms with Gasteiger partial charge in [0.05, 0.1) is 6.42 Å². The highest BCUT2D eigenvalue weighted by atomic mass is 16.4. The highest BCUT2D eigenvalue weighted by Crippen LogP contribution is 2.10. The van der Waals surface area contributed by atoms with Crippen molar-refractivity contribution in [3.63, 3.8) is 0 Å². The third kappa shape index (κ3) is 10.7. The number of nitrogens with two attached hydrogens (primary N) is 2.